The molecule has 4 N–H and O–H groups in total. The quantitative estimate of drug-likeness (QED) is 0.392. The molecule has 0 aromatic carbocycles. The van der Waals surface area contributed by atoms with Crippen molar-refractivity contribution in [1.29, 1.82) is 0 Å². The molecule has 17 heavy (non-hydrogen) atoms. The van der Waals surface area contributed by atoms with Crippen LogP contribution in [0.25, 0.3) is 0 Å². The first-order valence-corrected chi connectivity index (χ1v) is 8.90. The van der Waals surface area contributed by atoms with Crippen molar-refractivity contribution in [3.8, 4) is 0 Å². The summed E-state index contributed by atoms with van der Waals surface area (Å²) in [7, 11) is -13.2. The Kier molecular flexibility index (Phi) is 6.43. The topological polar surface area (TPSA) is 168 Å². The van der Waals surface area contributed by atoms with E-state index in [2.05, 4.69) is 9.05 Å². The van der Waals surface area contributed by atoms with Gasteiger partial charge in [-0.3, -0.25) is 9.05 Å². The lowest BCUT2D eigenvalue weighted by Crippen LogP contribution is -2.18. The Hall–Kier alpha value is 0.170. The second-order valence-corrected chi connectivity index (χ2v) is 7.58. The second kappa shape index (κ2) is 6.37. The summed E-state index contributed by atoms with van der Waals surface area (Å²) in [4.78, 5) is 33.1. The Labute approximate surface area is 97.0 Å². The molecule has 0 unspecified atom stereocenters. The van der Waals surface area contributed by atoms with Crippen molar-refractivity contribution in [2.75, 3.05) is 24.7 Å². The van der Waals surface area contributed by atoms with Gasteiger partial charge in [0.2, 0.25) is 0 Å². The van der Waals surface area contributed by atoms with Crippen LogP contribution in [0, 0.1) is 0 Å². The number of sulfone groups is 1. The van der Waals surface area contributed by atoms with Gasteiger partial charge in [0.05, 0.1) is 24.7 Å². The van der Waals surface area contributed by atoms with Crippen LogP contribution in [0.2, 0.25) is 0 Å². The number of hydrogen-bond donors (Lipinski definition) is 4. The minimum atomic E-state index is -4.72. The van der Waals surface area contributed by atoms with E-state index in [0.717, 1.165) is 0 Å². The zero-order chi connectivity index (χ0) is 13.7. The van der Waals surface area contributed by atoms with Crippen molar-refractivity contribution in [3.63, 3.8) is 0 Å². The van der Waals surface area contributed by atoms with Crippen LogP contribution >= 0.6 is 15.6 Å². The van der Waals surface area contributed by atoms with Crippen LogP contribution in [-0.4, -0.2) is 52.7 Å². The van der Waals surface area contributed by atoms with E-state index < -0.39 is 50.2 Å². The molecule has 0 aromatic heterocycles. The fraction of sp³-hybridized carbons (Fsp3) is 1.00. The van der Waals surface area contributed by atoms with Crippen LogP contribution in [-0.2, 0) is 28.0 Å². The van der Waals surface area contributed by atoms with Crippen molar-refractivity contribution >= 4 is 25.5 Å². The number of hydrogen-bond acceptors (Lipinski definition) is 6. The highest BCUT2D eigenvalue weighted by Crippen LogP contribution is 2.36. The van der Waals surface area contributed by atoms with Gasteiger partial charge in [-0.15, -0.1) is 0 Å². The third-order valence-corrected chi connectivity index (χ3v) is 3.92. The first-order valence-electron chi connectivity index (χ1n) is 4.02. The van der Waals surface area contributed by atoms with Gasteiger partial charge in [0, 0.05) is 0 Å². The lowest BCUT2D eigenvalue weighted by Gasteiger charge is -2.07. The molecule has 0 saturated carbocycles. The molecule has 0 amide bonds. The molecular formula is C4H12O10P2S. The summed E-state index contributed by atoms with van der Waals surface area (Å²) in [6.07, 6.45) is 0. The second-order valence-electron chi connectivity index (χ2n) is 2.80. The fourth-order valence-electron chi connectivity index (χ4n) is 0.668. The molecule has 0 saturated heterocycles. The van der Waals surface area contributed by atoms with Gasteiger partial charge in [0.25, 0.3) is 0 Å². The molecule has 0 fully saturated rings. The number of rotatable bonds is 8. The van der Waals surface area contributed by atoms with Gasteiger partial charge in [-0.1, -0.05) is 0 Å². The Bertz CT molecular complexity index is 382. The van der Waals surface area contributed by atoms with Crippen LogP contribution in [0.3, 0.4) is 0 Å². The van der Waals surface area contributed by atoms with E-state index in [9.17, 15) is 17.5 Å². The highest BCUT2D eigenvalue weighted by atomic mass is 32.2. The number of phosphoric ester groups is 2. The van der Waals surface area contributed by atoms with E-state index in [1.807, 2.05) is 0 Å². The molecule has 0 aliphatic rings. The van der Waals surface area contributed by atoms with E-state index in [0.29, 0.717) is 0 Å². The third kappa shape index (κ3) is 12.4. The van der Waals surface area contributed by atoms with E-state index in [1.54, 1.807) is 0 Å². The monoisotopic (exact) mass is 314 g/mol. The molecule has 104 valence electrons. The average molecular weight is 314 g/mol. The van der Waals surface area contributed by atoms with Gasteiger partial charge < -0.3 is 19.6 Å². The Morgan fingerprint density at radius 1 is 0.824 bits per heavy atom. The molecular weight excluding hydrogens is 302 g/mol. The summed E-state index contributed by atoms with van der Waals surface area (Å²) < 4.78 is 50.5. The van der Waals surface area contributed by atoms with Crippen molar-refractivity contribution in [1.82, 2.24) is 0 Å². The predicted octanol–water partition coefficient (Wildman–Crippen LogP) is -1.38. The summed E-state index contributed by atoms with van der Waals surface area (Å²) in [6.45, 7) is -1.44. The lowest BCUT2D eigenvalue weighted by molar-refractivity contribution is 0.206. The van der Waals surface area contributed by atoms with Crippen molar-refractivity contribution in [3.05, 3.63) is 0 Å². The molecule has 13 heteroatoms. The van der Waals surface area contributed by atoms with Gasteiger partial charge in [-0.2, -0.15) is 0 Å². The Morgan fingerprint density at radius 3 is 1.35 bits per heavy atom. The maximum absolute atomic E-state index is 11.1. The van der Waals surface area contributed by atoms with Gasteiger partial charge in [-0.05, 0) is 0 Å². The lowest BCUT2D eigenvalue weighted by atomic mass is 10.9. The SMILES string of the molecule is O=P(O)(O)OCCS(=O)(=O)CCOP(=O)(O)O. The predicted molar refractivity (Wildman–Crippen MR) is 54.6 cm³/mol. The largest absolute Gasteiger partial charge is 0.469 e. The van der Waals surface area contributed by atoms with Gasteiger partial charge in [0.15, 0.2) is 9.84 Å². The summed E-state index contributed by atoms with van der Waals surface area (Å²) >= 11 is 0. The van der Waals surface area contributed by atoms with Crippen molar-refractivity contribution < 1.29 is 46.2 Å². The molecule has 0 aromatic rings. The summed E-state index contributed by atoms with van der Waals surface area (Å²) in [6, 6.07) is 0. The van der Waals surface area contributed by atoms with E-state index in [-0.39, 0.29) is 0 Å². The van der Waals surface area contributed by atoms with Gasteiger partial charge in [-0.25, -0.2) is 17.5 Å². The van der Waals surface area contributed by atoms with Crippen LogP contribution in [0.5, 0.6) is 0 Å². The van der Waals surface area contributed by atoms with E-state index in [1.165, 1.54) is 0 Å². The van der Waals surface area contributed by atoms with Crippen molar-refractivity contribution in [2.45, 2.75) is 0 Å². The summed E-state index contributed by atoms with van der Waals surface area (Å²) in [5, 5.41) is 0. The molecule has 0 spiro atoms. The van der Waals surface area contributed by atoms with Crippen LogP contribution in [0.1, 0.15) is 0 Å². The molecule has 0 bridgehead atoms. The highest BCUT2D eigenvalue weighted by Gasteiger charge is 2.19. The van der Waals surface area contributed by atoms with Gasteiger partial charge in [0.1, 0.15) is 0 Å². The maximum Gasteiger partial charge on any atom is 0.469 e. The Balaban J connectivity index is 3.98. The highest BCUT2D eigenvalue weighted by molar-refractivity contribution is 7.91. The zero-order valence-corrected chi connectivity index (χ0v) is 11.0. The molecule has 0 heterocycles. The molecule has 10 nitrogen and oxygen atoms in total. The van der Waals surface area contributed by atoms with Crippen LogP contribution < -0.4 is 0 Å². The van der Waals surface area contributed by atoms with Gasteiger partial charge >= 0.3 is 15.6 Å². The summed E-state index contributed by atoms with van der Waals surface area (Å²) in [5.41, 5.74) is 0. The van der Waals surface area contributed by atoms with E-state index in [4.69, 9.17) is 19.6 Å². The molecule has 0 rings (SSSR count). The minimum absolute atomic E-state index is 0.692. The van der Waals surface area contributed by atoms with Crippen LogP contribution in [0.4, 0.5) is 0 Å². The number of phosphoric acid groups is 2. The standard InChI is InChI=1S/C4H12O10P2S/c5-15(6,7)13-1-3-17(11,12)4-2-14-16(8,9)10/h1-4H2,(H2,5,6,7)(H2,8,9,10). The average Bonchev–Trinajstić information content (AvgIpc) is 1.96. The zero-order valence-electron chi connectivity index (χ0n) is 8.37. The first-order chi connectivity index (χ1) is 7.41. The normalized spacial score (nSPS) is 13.9. The molecule has 0 aliphatic carbocycles. The molecule has 0 atom stereocenters. The summed E-state index contributed by atoms with van der Waals surface area (Å²) in [5.74, 6) is -1.38. The molecule has 0 radical (unpaired) electrons. The Morgan fingerprint density at radius 2 is 1.12 bits per heavy atom. The van der Waals surface area contributed by atoms with Crippen molar-refractivity contribution in [2.24, 2.45) is 0 Å². The molecule has 0 aliphatic heterocycles. The maximum atomic E-state index is 11.1. The minimum Gasteiger partial charge on any atom is -0.303 e. The first kappa shape index (κ1) is 17.2. The van der Waals surface area contributed by atoms with Crippen LogP contribution in [0.15, 0.2) is 0 Å². The third-order valence-electron chi connectivity index (χ3n) is 1.31. The smallest absolute Gasteiger partial charge is 0.303 e. The van der Waals surface area contributed by atoms with E-state index >= 15 is 0 Å². The fourth-order valence-corrected chi connectivity index (χ4v) is 2.45.